The summed E-state index contributed by atoms with van der Waals surface area (Å²) in [5, 5.41) is -3.90. The summed E-state index contributed by atoms with van der Waals surface area (Å²) in [6, 6.07) is 0. The summed E-state index contributed by atoms with van der Waals surface area (Å²) in [6.45, 7) is 9.34. The molecule has 0 fully saturated rings. The normalized spacial score (nSPS) is 14.8. The molecule has 2 N–H and O–H groups in total. The summed E-state index contributed by atoms with van der Waals surface area (Å²) in [5.74, 6) is -20.6. The Labute approximate surface area is 149 Å². The Morgan fingerprint density at radius 2 is 1.33 bits per heavy atom. The largest absolute Gasteiger partial charge is 0.438 e. The van der Waals surface area contributed by atoms with Gasteiger partial charge in [-0.1, -0.05) is 19.1 Å². The average molecular weight is 439 g/mol. The van der Waals surface area contributed by atoms with Crippen LogP contribution < -0.4 is 5.32 Å². The lowest BCUT2D eigenvalue weighted by molar-refractivity contribution is -0.359. The molecule has 27 heavy (non-hydrogen) atoms. The van der Waals surface area contributed by atoms with E-state index in [4.69, 9.17) is 4.55 Å². The van der Waals surface area contributed by atoms with Crippen LogP contribution in [0.4, 0.5) is 39.5 Å². The predicted molar refractivity (Wildman–Crippen MR) is 79.8 cm³/mol. The van der Waals surface area contributed by atoms with Crippen molar-refractivity contribution in [2.24, 2.45) is 0 Å². The molecule has 0 aliphatic rings. The van der Waals surface area contributed by atoms with Gasteiger partial charge in [-0.05, 0) is 6.42 Å². The molecule has 1 atom stereocenters. The number of alkyl halides is 9. The van der Waals surface area contributed by atoms with E-state index >= 15 is 0 Å². The molecule has 0 saturated carbocycles. The molecule has 14 heteroatoms. The molecule has 0 rings (SSSR count). The van der Waals surface area contributed by atoms with E-state index in [9.17, 15) is 47.9 Å². The van der Waals surface area contributed by atoms with Crippen LogP contribution in [0.3, 0.4) is 0 Å². The highest BCUT2D eigenvalue weighted by atomic mass is 32.2. The van der Waals surface area contributed by atoms with Gasteiger partial charge in [-0.3, -0.25) is 4.55 Å². The second kappa shape index (κ2) is 9.78. The summed E-state index contributed by atoms with van der Waals surface area (Å²) in [4.78, 5) is 0. The van der Waals surface area contributed by atoms with Crippen LogP contribution in [-0.4, -0.2) is 55.3 Å². The first-order valence-electron chi connectivity index (χ1n) is 6.94. The lowest BCUT2D eigenvalue weighted by atomic mass is 9.99. The minimum absolute atomic E-state index is 0.535. The molecule has 162 valence electrons. The number of nitrogens with one attached hydrogen (secondary N) is 1. The van der Waals surface area contributed by atoms with Crippen LogP contribution in [0.5, 0.6) is 0 Å². The molecule has 0 spiro atoms. The molecule has 0 aromatic heterocycles. The van der Waals surface area contributed by atoms with Crippen molar-refractivity contribution < 1.29 is 52.5 Å². The fraction of sp³-hybridized carbons (Fsp3) is 0.692. The molecule has 0 bridgehead atoms. The fourth-order valence-corrected chi connectivity index (χ4v) is 1.75. The highest BCUT2D eigenvalue weighted by Gasteiger charge is 2.85. The van der Waals surface area contributed by atoms with Crippen molar-refractivity contribution in [3.05, 3.63) is 25.3 Å². The summed E-state index contributed by atoms with van der Waals surface area (Å²) in [5.41, 5.74) is 0. The molecule has 0 aromatic rings. The zero-order valence-electron chi connectivity index (χ0n) is 13.8. The molecular formula is C13H18F9NO3S. The molecular weight excluding hydrogens is 421 g/mol. The highest BCUT2D eigenvalue weighted by Crippen LogP contribution is 2.55. The van der Waals surface area contributed by atoms with Gasteiger partial charge in [-0.25, -0.2) is 4.39 Å². The van der Waals surface area contributed by atoms with Gasteiger partial charge >= 0.3 is 33.1 Å². The van der Waals surface area contributed by atoms with E-state index in [-0.39, 0.29) is 0 Å². The topological polar surface area (TPSA) is 66.4 Å². The van der Waals surface area contributed by atoms with Crippen molar-refractivity contribution >= 4 is 10.1 Å². The first-order chi connectivity index (χ1) is 11.9. The smallest absolute Gasteiger partial charge is 0.310 e. The van der Waals surface area contributed by atoms with Crippen LogP contribution in [0.2, 0.25) is 0 Å². The first kappa shape index (κ1) is 27.9. The molecule has 0 radical (unpaired) electrons. The molecule has 0 amide bonds. The van der Waals surface area contributed by atoms with Gasteiger partial charge < -0.3 is 5.32 Å². The van der Waals surface area contributed by atoms with Crippen LogP contribution in [0, 0.1) is 0 Å². The number of rotatable bonds is 10. The van der Waals surface area contributed by atoms with Crippen molar-refractivity contribution in [3.8, 4) is 0 Å². The van der Waals surface area contributed by atoms with Gasteiger partial charge in [-0.2, -0.15) is 43.5 Å². The van der Waals surface area contributed by atoms with Gasteiger partial charge in [0, 0.05) is 13.1 Å². The molecule has 1 unspecified atom stereocenters. The summed E-state index contributed by atoms with van der Waals surface area (Å²) < 4.78 is 142. The van der Waals surface area contributed by atoms with Crippen LogP contribution in [0.25, 0.3) is 0 Å². The zero-order valence-corrected chi connectivity index (χ0v) is 14.7. The lowest BCUT2D eigenvalue weighted by Crippen LogP contribution is -2.66. The van der Waals surface area contributed by atoms with Crippen molar-refractivity contribution in [3.63, 3.8) is 0 Å². The maximum atomic E-state index is 12.8. The number of hydrogen-bond donors (Lipinski definition) is 2. The Kier molecular flexibility index (Phi) is 10.1. The Hall–Kier alpha value is -1.28. The van der Waals surface area contributed by atoms with E-state index in [0.717, 1.165) is 13.1 Å². The van der Waals surface area contributed by atoms with Gasteiger partial charge in [0.15, 0.2) is 6.17 Å². The Balaban J connectivity index is 0. The molecule has 0 saturated heterocycles. The first-order valence-corrected chi connectivity index (χ1v) is 8.38. The van der Waals surface area contributed by atoms with Crippen molar-refractivity contribution in [2.45, 2.75) is 42.5 Å². The van der Waals surface area contributed by atoms with Crippen LogP contribution >= 0.6 is 0 Å². The quantitative estimate of drug-likeness (QED) is 0.233. The maximum absolute atomic E-state index is 12.8. The molecule has 4 nitrogen and oxygen atoms in total. The maximum Gasteiger partial charge on any atom is 0.438 e. The van der Waals surface area contributed by atoms with Crippen molar-refractivity contribution in [1.82, 2.24) is 5.32 Å². The molecule has 0 aliphatic heterocycles. The van der Waals surface area contributed by atoms with E-state index in [0.29, 0.717) is 6.92 Å². The van der Waals surface area contributed by atoms with Gasteiger partial charge in [0.25, 0.3) is 0 Å². The molecule has 0 heterocycles. The van der Waals surface area contributed by atoms with Gasteiger partial charge in [0.1, 0.15) is 0 Å². The lowest BCUT2D eigenvalue weighted by Gasteiger charge is -2.36. The van der Waals surface area contributed by atoms with Gasteiger partial charge in [0.05, 0.1) is 0 Å². The third-order valence-electron chi connectivity index (χ3n) is 2.83. The summed E-state index contributed by atoms with van der Waals surface area (Å²) in [7, 11) is -7.16. The third-order valence-corrected chi connectivity index (χ3v) is 3.74. The molecule has 0 aromatic carbocycles. The Morgan fingerprint density at radius 1 is 0.963 bits per heavy atom. The van der Waals surface area contributed by atoms with E-state index in [1.54, 1.807) is 0 Å². The monoisotopic (exact) mass is 439 g/mol. The van der Waals surface area contributed by atoms with E-state index in [1.165, 1.54) is 0 Å². The number of halogens is 9. The Bertz CT molecular complexity index is 586. The van der Waals surface area contributed by atoms with Crippen LogP contribution in [0.1, 0.15) is 13.3 Å². The van der Waals surface area contributed by atoms with E-state index in [1.807, 2.05) is 12.2 Å². The highest BCUT2D eigenvalue weighted by molar-refractivity contribution is 7.87. The second-order valence-electron chi connectivity index (χ2n) is 4.87. The van der Waals surface area contributed by atoms with Crippen molar-refractivity contribution in [2.75, 3.05) is 13.1 Å². The van der Waals surface area contributed by atoms with Crippen molar-refractivity contribution in [1.29, 1.82) is 0 Å². The van der Waals surface area contributed by atoms with Gasteiger partial charge in [0.2, 0.25) is 0 Å². The van der Waals surface area contributed by atoms with Crippen LogP contribution in [-0.2, 0) is 10.1 Å². The predicted octanol–water partition coefficient (Wildman–Crippen LogP) is 4.07. The SMILES string of the molecule is C=CCNCC=C.CCC(F)C(F)(F)C(F)(F)C(F)(F)C(F)(F)S(=O)(=O)O. The standard InChI is InChI=1S/C7H7F9O3S.C6H11N/c1-2-3(8)4(9,10)5(11,12)6(13,14)7(15,16)20(17,18)19;1-3-5-7-6-4-2/h3H,2H2,1H3,(H,17,18,19);3-4,7H,1-2,5-6H2. The second-order valence-corrected chi connectivity index (χ2v) is 6.34. The Morgan fingerprint density at radius 3 is 1.59 bits per heavy atom. The minimum Gasteiger partial charge on any atom is -0.310 e. The van der Waals surface area contributed by atoms with Gasteiger partial charge in [-0.15, -0.1) is 13.2 Å². The van der Waals surface area contributed by atoms with Crippen LogP contribution in [0.15, 0.2) is 25.3 Å². The summed E-state index contributed by atoms with van der Waals surface area (Å²) in [6.07, 6.45) is -1.73. The fourth-order valence-electron chi connectivity index (χ4n) is 1.29. The average Bonchev–Trinajstić information content (AvgIpc) is 2.53. The minimum atomic E-state index is -7.25. The van der Waals surface area contributed by atoms with E-state index < -0.39 is 45.7 Å². The third kappa shape index (κ3) is 5.85. The molecule has 0 aliphatic carbocycles. The number of hydrogen-bond acceptors (Lipinski definition) is 3. The summed E-state index contributed by atoms with van der Waals surface area (Å²) >= 11 is 0. The van der Waals surface area contributed by atoms with E-state index in [2.05, 4.69) is 18.5 Å². The zero-order chi connectivity index (χ0) is 22.3.